The van der Waals surface area contributed by atoms with E-state index in [-0.39, 0.29) is 6.61 Å². The van der Waals surface area contributed by atoms with E-state index in [0.717, 1.165) is 43.4 Å². The minimum absolute atomic E-state index is 0.129. The average Bonchev–Trinajstić information content (AvgIpc) is 2.59. The third-order valence-corrected chi connectivity index (χ3v) is 3.91. The second-order valence-corrected chi connectivity index (χ2v) is 6.05. The van der Waals surface area contributed by atoms with Crippen LogP contribution in [0.5, 0.6) is 0 Å². The number of esters is 2. The molecule has 0 aliphatic heterocycles. The van der Waals surface area contributed by atoms with E-state index in [1.165, 1.54) is 0 Å². The maximum atomic E-state index is 11.6. The van der Waals surface area contributed by atoms with Gasteiger partial charge in [-0.15, -0.1) is 0 Å². The number of hydrogen-bond acceptors (Lipinski definition) is 4. The fraction of sp³-hybridized carbons (Fsp3) is 0.474. The molecule has 5 heteroatoms. The van der Waals surface area contributed by atoms with Gasteiger partial charge in [0, 0.05) is 17.2 Å². The van der Waals surface area contributed by atoms with E-state index >= 15 is 0 Å². The zero-order valence-electron chi connectivity index (χ0n) is 14.3. The van der Waals surface area contributed by atoms with Gasteiger partial charge in [-0.2, -0.15) is 0 Å². The summed E-state index contributed by atoms with van der Waals surface area (Å²) in [5.74, 6) is -0.729. The molecule has 1 aromatic carbocycles. The van der Waals surface area contributed by atoms with E-state index in [9.17, 15) is 9.59 Å². The summed E-state index contributed by atoms with van der Waals surface area (Å²) in [4.78, 5) is 23.2. The quantitative estimate of drug-likeness (QED) is 0.452. The van der Waals surface area contributed by atoms with Crippen LogP contribution in [-0.2, 0) is 25.7 Å². The molecule has 0 saturated heterocycles. The van der Waals surface area contributed by atoms with Crippen LogP contribution in [-0.4, -0.2) is 18.5 Å². The van der Waals surface area contributed by atoms with E-state index in [2.05, 4.69) is 13.8 Å². The Morgan fingerprint density at radius 3 is 2.29 bits per heavy atom. The minimum Gasteiger partial charge on any atom is -0.462 e. The summed E-state index contributed by atoms with van der Waals surface area (Å²) in [5.41, 5.74) is 0.824. The van der Waals surface area contributed by atoms with E-state index in [1.807, 2.05) is 0 Å². The molecular weight excluding hydrogens is 328 g/mol. The van der Waals surface area contributed by atoms with Crippen LogP contribution in [0.1, 0.15) is 45.1 Å². The first-order valence-corrected chi connectivity index (χ1v) is 8.69. The number of carbonyl (C=O) groups excluding carboxylic acids is 2. The lowest BCUT2D eigenvalue weighted by molar-refractivity contribution is -0.141. The first-order valence-electron chi connectivity index (χ1n) is 8.31. The number of halogens is 1. The molecule has 0 aliphatic carbocycles. The Hall–Kier alpha value is -1.81. The Morgan fingerprint density at radius 1 is 1.08 bits per heavy atom. The number of unbranched alkanes of at least 4 members (excludes halogenated alkanes) is 1. The van der Waals surface area contributed by atoms with Crippen LogP contribution < -0.4 is 0 Å². The topological polar surface area (TPSA) is 52.6 Å². The molecule has 0 fully saturated rings. The predicted molar refractivity (Wildman–Crippen MR) is 94.7 cm³/mol. The Morgan fingerprint density at radius 2 is 1.71 bits per heavy atom. The van der Waals surface area contributed by atoms with E-state index in [4.69, 9.17) is 21.1 Å². The van der Waals surface area contributed by atoms with Crippen LogP contribution in [0.2, 0.25) is 5.02 Å². The summed E-state index contributed by atoms with van der Waals surface area (Å²) in [7, 11) is 0. The summed E-state index contributed by atoms with van der Waals surface area (Å²) in [6.07, 6.45) is 6.47. The lowest BCUT2D eigenvalue weighted by Crippen LogP contribution is -2.12. The minimum atomic E-state index is -0.583. The van der Waals surface area contributed by atoms with Gasteiger partial charge in [-0.1, -0.05) is 56.8 Å². The zero-order chi connectivity index (χ0) is 17.8. The fourth-order valence-corrected chi connectivity index (χ4v) is 2.19. The molecule has 24 heavy (non-hydrogen) atoms. The fourth-order valence-electron chi connectivity index (χ4n) is 2.07. The maximum Gasteiger partial charge on any atom is 0.331 e. The summed E-state index contributed by atoms with van der Waals surface area (Å²) < 4.78 is 10.2. The molecule has 132 valence electrons. The van der Waals surface area contributed by atoms with Crippen molar-refractivity contribution in [3.63, 3.8) is 0 Å². The van der Waals surface area contributed by atoms with Crippen molar-refractivity contribution in [1.82, 2.24) is 0 Å². The van der Waals surface area contributed by atoms with Gasteiger partial charge in [0.1, 0.15) is 6.61 Å². The molecule has 0 spiro atoms. The Balaban J connectivity index is 2.29. The van der Waals surface area contributed by atoms with Crippen LogP contribution in [0.3, 0.4) is 0 Å². The Kier molecular flexibility index (Phi) is 9.85. The monoisotopic (exact) mass is 352 g/mol. The summed E-state index contributed by atoms with van der Waals surface area (Å²) in [5, 5.41) is 0.622. The molecule has 0 N–H and O–H groups in total. The van der Waals surface area contributed by atoms with Crippen molar-refractivity contribution in [2.24, 2.45) is 5.92 Å². The average molecular weight is 353 g/mol. The number of carbonyl (C=O) groups is 2. The second-order valence-electron chi connectivity index (χ2n) is 5.61. The summed E-state index contributed by atoms with van der Waals surface area (Å²) in [6, 6.07) is 6.99. The van der Waals surface area contributed by atoms with Gasteiger partial charge in [-0.05, 0) is 30.0 Å². The second kappa shape index (κ2) is 11.7. The maximum absolute atomic E-state index is 11.6. The zero-order valence-corrected chi connectivity index (χ0v) is 15.1. The van der Waals surface area contributed by atoms with Gasteiger partial charge >= 0.3 is 11.9 Å². The van der Waals surface area contributed by atoms with Gasteiger partial charge < -0.3 is 9.47 Å². The molecule has 1 unspecified atom stereocenters. The van der Waals surface area contributed by atoms with Crippen LogP contribution in [0.25, 0.3) is 0 Å². The Bertz CT molecular complexity index is 537. The first kappa shape index (κ1) is 20.2. The van der Waals surface area contributed by atoms with Gasteiger partial charge in [-0.3, -0.25) is 0 Å². The number of benzene rings is 1. The highest BCUT2D eigenvalue weighted by Crippen LogP contribution is 2.13. The number of rotatable bonds is 10. The van der Waals surface area contributed by atoms with Crippen molar-refractivity contribution < 1.29 is 19.1 Å². The van der Waals surface area contributed by atoms with E-state index in [1.54, 1.807) is 24.3 Å². The van der Waals surface area contributed by atoms with E-state index in [0.29, 0.717) is 17.5 Å². The highest BCUT2D eigenvalue weighted by atomic mass is 35.5. The third-order valence-electron chi connectivity index (χ3n) is 3.65. The summed E-state index contributed by atoms with van der Waals surface area (Å²) >= 11 is 5.78. The van der Waals surface area contributed by atoms with Crippen molar-refractivity contribution in [1.29, 1.82) is 0 Å². The third kappa shape index (κ3) is 8.73. The molecule has 0 bridgehead atoms. The van der Waals surface area contributed by atoms with Gasteiger partial charge in [0.25, 0.3) is 0 Å². The van der Waals surface area contributed by atoms with Crippen LogP contribution in [0.15, 0.2) is 36.4 Å². The largest absolute Gasteiger partial charge is 0.462 e. The van der Waals surface area contributed by atoms with Crippen LogP contribution in [0.4, 0.5) is 0 Å². The van der Waals surface area contributed by atoms with Crippen LogP contribution >= 0.6 is 11.6 Å². The molecule has 0 heterocycles. The molecule has 0 saturated carbocycles. The van der Waals surface area contributed by atoms with Crippen molar-refractivity contribution in [3.8, 4) is 0 Å². The molecule has 1 atom stereocenters. The Labute approximate surface area is 148 Å². The van der Waals surface area contributed by atoms with Gasteiger partial charge in [0.05, 0.1) is 6.61 Å². The molecule has 1 rings (SSSR count). The highest BCUT2D eigenvalue weighted by molar-refractivity contribution is 6.30. The van der Waals surface area contributed by atoms with Gasteiger partial charge in [0.2, 0.25) is 0 Å². The first-order chi connectivity index (χ1) is 11.5. The molecule has 4 nitrogen and oxygen atoms in total. The van der Waals surface area contributed by atoms with Gasteiger partial charge in [0.15, 0.2) is 0 Å². The van der Waals surface area contributed by atoms with Crippen molar-refractivity contribution >= 4 is 23.5 Å². The molecule has 0 aliphatic rings. The smallest absolute Gasteiger partial charge is 0.331 e. The molecule has 0 amide bonds. The standard InChI is InChI=1S/C19H25ClO4/c1-3-5-6-15(4-2)13-23-18(21)11-12-19(22)24-14-16-7-9-17(20)10-8-16/h7-12,15H,3-6,13-14H2,1-2H3/b12-11+. The van der Waals surface area contributed by atoms with Crippen molar-refractivity contribution in [3.05, 3.63) is 47.0 Å². The molecule has 0 aromatic heterocycles. The van der Waals surface area contributed by atoms with E-state index < -0.39 is 11.9 Å². The van der Waals surface area contributed by atoms with Crippen molar-refractivity contribution in [2.45, 2.75) is 46.1 Å². The lowest BCUT2D eigenvalue weighted by Gasteiger charge is -2.13. The number of hydrogen-bond donors (Lipinski definition) is 0. The molecule has 1 aromatic rings. The normalized spacial score (nSPS) is 12.1. The predicted octanol–water partition coefficient (Wildman–Crippen LogP) is 4.70. The summed E-state index contributed by atoms with van der Waals surface area (Å²) in [6.45, 7) is 4.74. The lowest BCUT2D eigenvalue weighted by atomic mass is 10.0. The SMILES string of the molecule is CCCCC(CC)COC(=O)/C=C/C(=O)OCc1ccc(Cl)cc1. The van der Waals surface area contributed by atoms with Gasteiger partial charge in [-0.25, -0.2) is 9.59 Å². The van der Waals surface area contributed by atoms with Crippen molar-refractivity contribution in [2.75, 3.05) is 6.61 Å². The van der Waals surface area contributed by atoms with Crippen LogP contribution in [0, 0.1) is 5.92 Å². The number of ether oxygens (including phenoxy) is 2. The highest BCUT2D eigenvalue weighted by Gasteiger charge is 2.09. The molecular formula is C19H25ClO4. The molecule has 0 radical (unpaired) electrons.